The molecule has 5 unspecified atom stereocenters. The van der Waals surface area contributed by atoms with Crippen LogP contribution in [0.3, 0.4) is 0 Å². The first-order valence-electron chi connectivity index (χ1n) is 11.3. The van der Waals surface area contributed by atoms with Crippen LogP contribution in [0.1, 0.15) is 58.4 Å². The summed E-state index contributed by atoms with van der Waals surface area (Å²) in [6.07, 6.45) is 2.66. The number of fused-ring (bicyclic) bond motifs is 1. The first-order chi connectivity index (χ1) is 14.2. The first-order valence-corrected chi connectivity index (χ1v) is 12.7. The molecule has 3 heterocycles. The van der Waals surface area contributed by atoms with E-state index in [2.05, 4.69) is 20.8 Å². The van der Waals surface area contributed by atoms with Crippen molar-refractivity contribution in [3.8, 4) is 5.75 Å². The number of sulfonamides is 1. The van der Waals surface area contributed by atoms with Crippen molar-refractivity contribution in [2.45, 2.75) is 63.9 Å². The molecule has 6 nitrogen and oxygen atoms in total. The highest BCUT2D eigenvalue weighted by Gasteiger charge is 2.41. The van der Waals surface area contributed by atoms with Gasteiger partial charge in [0, 0.05) is 37.7 Å². The summed E-state index contributed by atoms with van der Waals surface area (Å²) in [5.41, 5.74) is 0.817. The van der Waals surface area contributed by atoms with E-state index in [0.29, 0.717) is 41.5 Å². The van der Waals surface area contributed by atoms with Gasteiger partial charge in [0.05, 0.1) is 4.90 Å². The number of nitrogens with zero attached hydrogens (tertiary/aromatic N) is 2. The number of hydrogen-bond donors (Lipinski definition) is 0. The van der Waals surface area contributed by atoms with Gasteiger partial charge in [0.25, 0.3) is 5.91 Å². The molecule has 0 aliphatic carbocycles. The minimum Gasteiger partial charge on any atom is -0.480 e. The minimum atomic E-state index is -3.56. The highest BCUT2D eigenvalue weighted by atomic mass is 32.2. The number of carbonyl (C=O) groups is 1. The molecule has 5 atom stereocenters. The van der Waals surface area contributed by atoms with E-state index in [-0.39, 0.29) is 11.8 Å². The van der Waals surface area contributed by atoms with Gasteiger partial charge in [-0.2, -0.15) is 4.31 Å². The number of likely N-dealkylation sites (tertiary alicyclic amines) is 1. The zero-order chi connectivity index (χ0) is 21.6. The van der Waals surface area contributed by atoms with Crippen LogP contribution < -0.4 is 4.74 Å². The third-order valence-corrected chi connectivity index (χ3v) is 8.69. The Labute approximate surface area is 180 Å². The zero-order valence-corrected chi connectivity index (χ0v) is 19.3. The Kier molecular flexibility index (Phi) is 5.88. The molecule has 0 bridgehead atoms. The second-order valence-corrected chi connectivity index (χ2v) is 11.8. The molecule has 1 aromatic rings. The standard InChI is InChI=1S/C23H34N2O4S/c1-15-6-5-9-24(12-15)23(26)22-18(4)20-11-19(7-8-21(20)29-22)30(27,28)25-13-16(2)10-17(3)14-25/h7-8,11,15-18,22H,5-6,9-10,12-14H2,1-4H3. The molecule has 1 amide bonds. The Morgan fingerprint density at radius 1 is 1.03 bits per heavy atom. The summed E-state index contributed by atoms with van der Waals surface area (Å²) in [6.45, 7) is 11.0. The molecule has 3 aliphatic heterocycles. The number of benzene rings is 1. The van der Waals surface area contributed by atoms with Crippen LogP contribution in [0, 0.1) is 17.8 Å². The molecule has 7 heteroatoms. The number of piperidine rings is 2. The maximum Gasteiger partial charge on any atom is 0.264 e. The maximum atomic E-state index is 13.3. The van der Waals surface area contributed by atoms with Crippen LogP contribution in [0.25, 0.3) is 0 Å². The third-order valence-electron chi connectivity index (χ3n) is 6.87. The van der Waals surface area contributed by atoms with Crippen LogP contribution in [0.2, 0.25) is 0 Å². The molecule has 3 aliphatic rings. The molecule has 0 spiro atoms. The lowest BCUT2D eigenvalue weighted by Gasteiger charge is -2.34. The second-order valence-electron chi connectivity index (χ2n) is 9.83. The van der Waals surface area contributed by atoms with Crippen LogP contribution in [-0.2, 0) is 14.8 Å². The fraction of sp³-hybridized carbons (Fsp3) is 0.696. The molecular weight excluding hydrogens is 400 g/mol. The first kappa shape index (κ1) is 21.6. The third kappa shape index (κ3) is 3.98. The van der Waals surface area contributed by atoms with Gasteiger partial charge in [0.15, 0.2) is 6.10 Å². The summed E-state index contributed by atoms with van der Waals surface area (Å²) >= 11 is 0. The molecule has 4 rings (SSSR count). The highest BCUT2D eigenvalue weighted by Crippen LogP contribution is 2.41. The van der Waals surface area contributed by atoms with Gasteiger partial charge in [0.1, 0.15) is 5.75 Å². The van der Waals surface area contributed by atoms with Gasteiger partial charge >= 0.3 is 0 Å². The van der Waals surface area contributed by atoms with Crippen LogP contribution in [0.4, 0.5) is 0 Å². The molecule has 166 valence electrons. The van der Waals surface area contributed by atoms with Crippen molar-refractivity contribution >= 4 is 15.9 Å². The van der Waals surface area contributed by atoms with Gasteiger partial charge in [-0.3, -0.25) is 4.79 Å². The molecule has 30 heavy (non-hydrogen) atoms. The van der Waals surface area contributed by atoms with E-state index in [1.165, 1.54) is 0 Å². The Morgan fingerprint density at radius 2 is 1.73 bits per heavy atom. The summed E-state index contributed by atoms with van der Waals surface area (Å²) < 4.78 is 34.2. The van der Waals surface area contributed by atoms with Gasteiger partial charge in [-0.25, -0.2) is 8.42 Å². The molecular formula is C23H34N2O4S. The Bertz CT molecular complexity index is 906. The average molecular weight is 435 g/mol. The number of amides is 1. The Morgan fingerprint density at radius 3 is 2.40 bits per heavy atom. The van der Waals surface area contributed by atoms with Gasteiger partial charge < -0.3 is 9.64 Å². The summed E-state index contributed by atoms with van der Waals surface area (Å²) in [5, 5.41) is 0. The lowest BCUT2D eigenvalue weighted by atomic mass is 9.94. The molecule has 2 fully saturated rings. The number of rotatable bonds is 3. The van der Waals surface area contributed by atoms with Gasteiger partial charge in [0.2, 0.25) is 10.0 Å². The van der Waals surface area contributed by atoms with Crippen molar-refractivity contribution in [1.82, 2.24) is 9.21 Å². The van der Waals surface area contributed by atoms with E-state index in [0.717, 1.165) is 37.9 Å². The lowest BCUT2D eigenvalue weighted by molar-refractivity contribution is -0.140. The van der Waals surface area contributed by atoms with Crippen LogP contribution in [-0.4, -0.2) is 55.8 Å². The normalized spacial score (nSPS) is 32.5. The monoisotopic (exact) mass is 434 g/mol. The summed E-state index contributed by atoms with van der Waals surface area (Å²) in [5.74, 6) is 1.70. The summed E-state index contributed by atoms with van der Waals surface area (Å²) in [7, 11) is -3.56. The van der Waals surface area contributed by atoms with Crippen molar-refractivity contribution in [2.75, 3.05) is 26.2 Å². The van der Waals surface area contributed by atoms with Crippen LogP contribution >= 0.6 is 0 Å². The van der Waals surface area contributed by atoms with Crippen molar-refractivity contribution in [3.63, 3.8) is 0 Å². The van der Waals surface area contributed by atoms with Crippen molar-refractivity contribution in [1.29, 1.82) is 0 Å². The van der Waals surface area contributed by atoms with E-state index in [1.807, 2.05) is 11.8 Å². The highest BCUT2D eigenvalue weighted by molar-refractivity contribution is 7.89. The predicted molar refractivity (Wildman–Crippen MR) is 116 cm³/mol. The largest absolute Gasteiger partial charge is 0.480 e. The Balaban J connectivity index is 1.55. The molecule has 0 saturated carbocycles. The van der Waals surface area contributed by atoms with E-state index >= 15 is 0 Å². The summed E-state index contributed by atoms with van der Waals surface area (Å²) in [4.78, 5) is 15.3. The smallest absolute Gasteiger partial charge is 0.264 e. The maximum absolute atomic E-state index is 13.3. The quantitative estimate of drug-likeness (QED) is 0.731. The number of ether oxygens (including phenoxy) is 1. The van der Waals surface area contributed by atoms with E-state index in [4.69, 9.17) is 4.74 Å². The van der Waals surface area contributed by atoms with E-state index in [1.54, 1.807) is 22.5 Å². The molecule has 0 radical (unpaired) electrons. The average Bonchev–Trinajstić information content (AvgIpc) is 3.03. The summed E-state index contributed by atoms with van der Waals surface area (Å²) in [6, 6.07) is 5.08. The van der Waals surface area contributed by atoms with Gasteiger partial charge in [-0.15, -0.1) is 0 Å². The minimum absolute atomic E-state index is 0.0216. The van der Waals surface area contributed by atoms with E-state index < -0.39 is 16.1 Å². The van der Waals surface area contributed by atoms with Crippen molar-refractivity contribution in [2.24, 2.45) is 17.8 Å². The van der Waals surface area contributed by atoms with Gasteiger partial charge in [-0.1, -0.05) is 27.7 Å². The zero-order valence-electron chi connectivity index (χ0n) is 18.5. The predicted octanol–water partition coefficient (Wildman–Crippen LogP) is 3.48. The fourth-order valence-electron chi connectivity index (χ4n) is 5.34. The number of carbonyl (C=O) groups excluding carboxylic acids is 1. The van der Waals surface area contributed by atoms with Crippen LogP contribution in [0.15, 0.2) is 23.1 Å². The fourth-order valence-corrected chi connectivity index (χ4v) is 7.05. The van der Waals surface area contributed by atoms with E-state index in [9.17, 15) is 13.2 Å². The van der Waals surface area contributed by atoms with Crippen molar-refractivity contribution in [3.05, 3.63) is 23.8 Å². The lowest BCUT2D eigenvalue weighted by Crippen LogP contribution is -2.46. The SMILES string of the molecule is CC1CCCN(C(=O)C2Oc3ccc(S(=O)(=O)N4CC(C)CC(C)C4)cc3C2C)C1. The molecule has 2 saturated heterocycles. The second kappa shape index (κ2) is 8.15. The Hall–Kier alpha value is -1.60. The molecule has 0 N–H and O–H groups in total. The van der Waals surface area contributed by atoms with Crippen LogP contribution in [0.5, 0.6) is 5.75 Å². The van der Waals surface area contributed by atoms with Crippen molar-refractivity contribution < 1.29 is 17.9 Å². The number of hydrogen-bond acceptors (Lipinski definition) is 4. The topological polar surface area (TPSA) is 66.9 Å². The van der Waals surface area contributed by atoms with Gasteiger partial charge in [-0.05, 0) is 55.2 Å². The molecule has 1 aromatic carbocycles. The molecule has 0 aromatic heterocycles.